The van der Waals surface area contributed by atoms with Gasteiger partial charge in [-0.15, -0.1) is 0 Å². The molecule has 0 aromatic rings. The van der Waals surface area contributed by atoms with E-state index in [1.807, 2.05) is 0 Å². The standard InChI is InChI=1S/C7H9Cl3O2/c1-3-4-6(7(8,9)10)12-5(2)11/h3-4,6H,1-2H3. The van der Waals surface area contributed by atoms with E-state index in [1.165, 1.54) is 13.0 Å². The SMILES string of the molecule is CC=CC(OC(C)=O)C(Cl)(Cl)Cl. The molecule has 0 aromatic carbocycles. The Bertz CT molecular complexity index is 184. The highest BCUT2D eigenvalue weighted by molar-refractivity contribution is 6.68. The Morgan fingerprint density at radius 3 is 2.25 bits per heavy atom. The van der Waals surface area contributed by atoms with Gasteiger partial charge in [-0.05, 0) is 13.0 Å². The predicted octanol–water partition coefficient (Wildman–Crippen LogP) is 2.86. The predicted molar refractivity (Wildman–Crippen MR) is 50.7 cm³/mol. The first kappa shape index (κ1) is 12.1. The second kappa shape index (κ2) is 4.95. The van der Waals surface area contributed by atoms with Crippen molar-refractivity contribution in [2.45, 2.75) is 23.7 Å². The molecule has 0 aromatic heterocycles. The zero-order valence-corrected chi connectivity index (χ0v) is 8.95. The molecule has 0 fully saturated rings. The van der Waals surface area contributed by atoms with Crippen LogP contribution < -0.4 is 0 Å². The van der Waals surface area contributed by atoms with Crippen LogP contribution in [0.4, 0.5) is 0 Å². The minimum Gasteiger partial charge on any atom is -0.454 e. The first-order chi connectivity index (χ1) is 5.38. The van der Waals surface area contributed by atoms with Gasteiger partial charge in [-0.25, -0.2) is 0 Å². The maximum atomic E-state index is 10.5. The third-order valence-corrected chi connectivity index (χ3v) is 1.63. The molecule has 0 aliphatic rings. The van der Waals surface area contributed by atoms with Gasteiger partial charge in [-0.1, -0.05) is 40.9 Å². The third-order valence-electron chi connectivity index (χ3n) is 0.983. The van der Waals surface area contributed by atoms with Crippen molar-refractivity contribution in [1.29, 1.82) is 0 Å². The van der Waals surface area contributed by atoms with Crippen LogP contribution in [-0.4, -0.2) is 15.9 Å². The summed E-state index contributed by atoms with van der Waals surface area (Å²) in [5, 5.41) is 0. The van der Waals surface area contributed by atoms with Gasteiger partial charge in [0.15, 0.2) is 6.10 Å². The van der Waals surface area contributed by atoms with E-state index in [0.29, 0.717) is 0 Å². The normalized spacial score (nSPS) is 14.8. The van der Waals surface area contributed by atoms with Gasteiger partial charge >= 0.3 is 5.97 Å². The molecule has 0 aliphatic carbocycles. The number of rotatable bonds is 2. The minimum absolute atomic E-state index is 0.482. The molecule has 5 heteroatoms. The highest BCUT2D eigenvalue weighted by Crippen LogP contribution is 2.33. The maximum Gasteiger partial charge on any atom is 0.303 e. The summed E-state index contributed by atoms with van der Waals surface area (Å²) in [5.74, 6) is -0.482. The third kappa shape index (κ3) is 4.86. The molecular weight excluding hydrogens is 222 g/mol. The number of ether oxygens (including phenoxy) is 1. The first-order valence-electron chi connectivity index (χ1n) is 3.24. The molecule has 0 heterocycles. The summed E-state index contributed by atoms with van der Waals surface area (Å²) in [4.78, 5) is 10.5. The van der Waals surface area contributed by atoms with Crippen LogP contribution in [0.25, 0.3) is 0 Å². The average Bonchev–Trinajstić information content (AvgIpc) is 1.83. The Labute approximate surface area is 86.4 Å². The van der Waals surface area contributed by atoms with E-state index in [0.717, 1.165) is 0 Å². The Balaban J connectivity index is 4.34. The first-order valence-corrected chi connectivity index (χ1v) is 4.38. The topological polar surface area (TPSA) is 26.3 Å². The molecule has 1 unspecified atom stereocenters. The van der Waals surface area contributed by atoms with Crippen molar-refractivity contribution >= 4 is 40.8 Å². The quantitative estimate of drug-likeness (QED) is 0.415. The van der Waals surface area contributed by atoms with E-state index in [2.05, 4.69) is 0 Å². The Morgan fingerprint density at radius 2 is 2.00 bits per heavy atom. The summed E-state index contributed by atoms with van der Waals surface area (Å²) in [7, 11) is 0. The number of allylic oxidation sites excluding steroid dienone is 1. The second-order valence-corrected chi connectivity index (χ2v) is 4.47. The van der Waals surface area contributed by atoms with Crippen molar-refractivity contribution in [2.24, 2.45) is 0 Å². The molecular formula is C7H9Cl3O2. The van der Waals surface area contributed by atoms with Gasteiger partial charge in [0.1, 0.15) is 0 Å². The van der Waals surface area contributed by atoms with Crippen LogP contribution in [0.15, 0.2) is 12.2 Å². The Morgan fingerprint density at radius 1 is 1.50 bits per heavy atom. The van der Waals surface area contributed by atoms with Gasteiger partial charge in [-0.2, -0.15) is 0 Å². The molecule has 1 atom stereocenters. The molecule has 70 valence electrons. The summed E-state index contributed by atoms with van der Waals surface area (Å²) in [5.41, 5.74) is 0. The van der Waals surface area contributed by atoms with Gasteiger partial charge in [0.2, 0.25) is 3.79 Å². The summed E-state index contributed by atoms with van der Waals surface area (Å²) in [6.45, 7) is 3.00. The van der Waals surface area contributed by atoms with Gasteiger partial charge in [0, 0.05) is 6.92 Å². The highest BCUT2D eigenvalue weighted by Gasteiger charge is 2.32. The van der Waals surface area contributed by atoms with E-state index >= 15 is 0 Å². The number of hydrogen-bond acceptors (Lipinski definition) is 2. The van der Waals surface area contributed by atoms with Crippen molar-refractivity contribution in [3.63, 3.8) is 0 Å². The molecule has 0 spiro atoms. The van der Waals surface area contributed by atoms with Crippen LogP contribution in [0.5, 0.6) is 0 Å². The molecule has 0 aliphatic heterocycles. The number of carbonyl (C=O) groups is 1. The molecule has 0 rings (SSSR count). The molecule has 2 nitrogen and oxygen atoms in total. The smallest absolute Gasteiger partial charge is 0.303 e. The molecule has 0 saturated heterocycles. The summed E-state index contributed by atoms with van der Waals surface area (Å²) in [6, 6.07) is 0. The fourth-order valence-corrected chi connectivity index (χ4v) is 0.921. The minimum atomic E-state index is -1.61. The second-order valence-electron chi connectivity index (χ2n) is 2.10. The lowest BCUT2D eigenvalue weighted by molar-refractivity contribution is -0.143. The maximum absolute atomic E-state index is 10.5. The van der Waals surface area contributed by atoms with Crippen LogP contribution in [-0.2, 0) is 9.53 Å². The highest BCUT2D eigenvalue weighted by atomic mass is 35.6. The van der Waals surface area contributed by atoms with Crippen molar-refractivity contribution in [2.75, 3.05) is 0 Å². The zero-order chi connectivity index (χ0) is 9.78. The summed E-state index contributed by atoms with van der Waals surface area (Å²) < 4.78 is 3.12. The number of halogens is 3. The summed E-state index contributed by atoms with van der Waals surface area (Å²) >= 11 is 16.6. The number of alkyl halides is 3. The van der Waals surface area contributed by atoms with Gasteiger partial charge in [-0.3, -0.25) is 4.79 Å². The fourth-order valence-electron chi connectivity index (χ4n) is 0.569. The lowest BCUT2D eigenvalue weighted by Crippen LogP contribution is -2.28. The van der Waals surface area contributed by atoms with Crippen LogP contribution in [0.2, 0.25) is 0 Å². The van der Waals surface area contributed by atoms with E-state index < -0.39 is 15.9 Å². The van der Waals surface area contributed by atoms with Gasteiger partial charge in [0.25, 0.3) is 0 Å². The van der Waals surface area contributed by atoms with E-state index in [1.54, 1.807) is 13.0 Å². The molecule has 0 bridgehead atoms. The monoisotopic (exact) mass is 230 g/mol. The van der Waals surface area contributed by atoms with Gasteiger partial charge < -0.3 is 4.74 Å². The lowest BCUT2D eigenvalue weighted by Gasteiger charge is -2.20. The van der Waals surface area contributed by atoms with Crippen molar-refractivity contribution in [3.05, 3.63) is 12.2 Å². The Kier molecular flexibility index (Phi) is 4.98. The van der Waals surface area contributed by atoms with Crippen LogP contribution >= 0.6 is 34.8 Å². The number of carbonyl (C=O) groups excluding carboxylic acids is 1. The number of hydrogen-bond donors (Lipinski definition) is 0. The lowest BCUT2D eigenvalue weighted by atomic mass is 10.3. The van der Waals surface area contributed by atoms with Crippen molar-refractivity contribution in [1.82, 2.24) is 0 Å². The van der Waals surface area contributed by atoms with Crippen molar-refractivity contribution < 1.29 is 9.53 Å². The fraction of sp³-hybridized carbons (Fsp3) is 0.571. The largest absolute Gasteiger partial charge is 0.454 e. The van der Waals surface area contributed by atoms with Crippen molar-refractivity contribution in [3.8, 4) is 0 Å². The van der Waals surface area contributed by atoms with E-state index in [-0.39, 0.29) is 0 Å². The van der Waals surface area contributed by atoms with Gasteiger partial charge in [0.05, 0.1) is 0 Å². The molecule has 12 heavy (non-hydrogen) atoms. The molecule has 0 N–H and O–H groups in total. The van der Waals surface area contributed by atoms with Crippen LogP contribution in [0.3, 0.4) is 0 Å². The molecule has 0 saturated carbocycles. The van der Waals surface area contributed by atoms with E-state index in [9.17, 15) is 4.79 Å². The molecule has 0 amide bonds. The Hall–Kier alpha value is 0.0800. The molecule has 0 radical (unpaired) electrons. The zero-order valence-electron chi connectivity index (χ0n) is 6.68. The number of esters is 1. The average molecular weight is 232 g/mol. The van der Waals surface area contributed by atoms with E-state index in [4.69, 9.17) is 39.5 Å². The summed E-state index contributed by atoms with van der Waals surface area (Å²) in [6.07, 6.45) is 2.33. The van der Waals surface area contributed by atoms with Crippen LogP contribution in [0, 0.1) is 0 Å². The van der Waals surface area contributed by atoms with Crippen LogP contribution in [0.1, 0.15) is 13.8 Å².